The van der Waals surface area contributed by atoms with E-state index < -0.39 is 15.8 Å². The Morgan fingerprint density at radius 1 is 1.53 bits per heavy atom. The molecule has 1 aromatic heterocycles. The second-order valence-electron chi connectivity index (χ2n) is 4.72. The first-order valence-electron chi connectivity index (χ1n) is 6.02. The predicted octanol–water partition coefficient (Wildman–Crippen LogP) is 1.38. The predicted molar refractivity (Wildman–Crippen MR) is 66.9 cm³/mol. The minimum Gasteiger partial charge on any atom is -0.475 e. The maximum atomic E-state index is 12.0. The molecule has 1 N–H and O–H groups in total. The van der Waals surface area contributed by atoms with E-state index in [0.29, 0.717) is 12.2 Å². The lowest BCUT2D eigenvalue weighted by Crippen LogP contribution is -2.21. The zero-order chi connectivity index (χ0) is 14.0. The lowest BCUT2D eigenvalue weighted by atomic mass is 10.3. The molecule has 0 saturated carbocycles. The third-order valence-electron chi connectivity index (χ3n) is 2.99. The van der Waals surface area contributed by atoms with Crippen LogP contribution in [0.3, 0.4) is 0 Å². The molecule has 0 amide bonds. The van der Waals surface area contributed by atoms with Crippen LogP contribution >= 0.6 is 0 Å². The molecule has 1 saturated heterocycles. The van der Waals surface area contributed by atoms with Gasteiger partial charge in [0.1, 0.15) is 11.5 Å². The van der Waals surface area contributed by atoms with Gasteiger partial charge in [0.05, 0.1) is 11.9 Å². The summed E-state index contributed by atoms with van der Waals surface area (Å²) in [5.41, 5.74) is 0.426. The largest absolute Gasteiger partial charge is 0.475 e. The Morgan fingerprint density at radius 3 is 2.79 bits per heavy atom. The second-order valence-corrected chi connectivity index (χ2v) is 6.83. The summed E-state index contributed by atoms with van der Waals surface area (Å²) in [5, 5.41) is 8.84. The number of carboxylic acids is 1. The molecule has 106 valence electrons. The number of sulfone groups is 1. The molecular formula is C12H16O6S. The highest BCUT2D eigenvalue weighted by Gasteiger charge is 2.25. The van der Waals surface area contributed by atoms with Crippen LogP contribution in [0.1, 0.15) is 34.7 Å². The van der Waals surface area contributed by atoms with Crippen LogP contribution in [-0.4, -0.2) is 38.0 Å². The monoisotopic (exact) mass is 288 g/mol. The van der Waals surface area contributed by atoms with Crippen molar-refractivity contribution >= 4 is 15.8 Å². The van der Waals surface area contributed by atoms with Crippen LogP contribution in [0.25, 0.3) is 0 Å². The highest BCUT2D eigenvalue weighted by atomic mass is 32.2. The Bertz CT molecular complexity index is 565. The second kappa shape index (κ2) is 5.34. The van der Waals surface area contributed by atoms with E-state index in [4.69, 9.17) is 14.3 Å². The number of carboxylic acid groups (broad SMARTS) is 1. The van der Waals surface area contributed by atoms with E-state index >= 15 is 0 Å². The molecule has 1 atom stereocenters. The smallest absolute Gasteiger partial charge is 0.372 e. The van der Waals surface area contributed by atoms with E-state index in [1.54, 1.807) is 6.92 Å². The average molecular weight is 288 g/mol. The molecule has 0 spiro atoms. The molecule has 0 bridgehead atoms. The number of aromatic carboxylic acids is 1. The van der Waals surface area contributed by atoms with E-state index in [2.05, 4.69) is 0 Å². The van der Waals surface area contributed by atoms with Gasteiger partial charge < -0.3 is 14.3 Å². The number of aryl methyl sites for hydroxylation is 1. The number of furan rings is 1. The molecule has 6 nitrogen and oxygen atoms in total. The quantitative estimate of drug-likeness (QED) is 0.879. The Labute approximate surface area is 111 Å². The van der Waals surface area contributed by atoms with E-state index in [0.717, 1.165) is 12.8 Å². The van der Waals surface area contributed by atoms with Gasteiger partial charge in [0.2, 0.25) is 5.76 Å². The van der Waals surface area contributed by atoms with Crippen molar-refractivity contribution in [1.82, 2.24) is 0 Å². The van der Waals surface area contributed by atoms with Gasteiger partial charge in [0.15, 0.2) is 9.84 Å². The SMILES string of the molecule is Cc1cc(CS(=O)(=O)CC2CCCO2)oc1C(=O)O. The van der Waals surface area contributed by atoms with Crippen LogP contribution in [0, 0.1) is 6.92 Å². The van der Waals surface area contributed by atoms with Crippen molar-refractivity contribution in [2.45, 2.75) is 31.6 Å². The van der Waals surface area contributed by atoms with Crippen LogP contribution in [0.15, 0.2) is 10.5 Å². The van der Waals surface area contributed by atoms with Crippen LogP contribution in [0.4, 0.5) is 0 Å². The number of rotatable bonds is 5. The average Bonchev–Trinajstić information content (AvgIpc) is 2.86. The van der Waals surface area contributed by atoms with Crippen molar-refractivity contribution in [2.75, 3.05) is 12.4 Å². The Kier molecular flexibility index (Phi) is 3.96. The standard InChI is InChI=1S/C12H16O6S/c1-8-5-10(18-11(8)12(13)14)7-19(15,16)6-9-3-2-4-17-9/h5,9H,2-4,6-7H2,1H3,(H,13,14). The third-order valence-corrected chi connectivity index (χ3v) is 4.59. The summed E-state index contributed by atoms with van der Waals surface area (Å²) < 4.78 is 34.3. The van der Waals surface area contributed by atoms with Crippen LogP contribution in [-0.2, 0) is 20.3 Å². The fourth-order valence-electron chi connectivity index (χ4n) is 2.17. The van der Waals surface area contributed by atoms with Gasteiger partial charge in [0.25, 0.3) is 0 Å². The lowest BCUT2D eigenvalue weighted by Gasteiger charge is -2.08. The van der Waals surface area contributed by atoms with Gasteiger partial charge in [-0.2, -0.15) is 0 Å². The summed E-state index contributed by atoms with van der Waals surface area (Å²) in [7, 11) is -3.36. The topological polar surface area (TPSA) is 93.8 Å². The zero-order valence-corrected chi connectivity index (χ0v) is 11.4. The fourth-order valence-corrected chi connectivity index (χ4v) is 3.69. The van der Waals surface area contributed by atoms with E-state index in [1.165, 1.54) is 6.07 Å². The third kappa shape index (κ3) is 3.57. The minimum atomic E-state index is -3.36. The molecule has 0 radical (unpaired) electrons. The van der Waals surface area contributed by atoms with Gasteiger partial charge >= 0.3 is 5.97 Å². The summed E-state index contributed by atoms with van der Waals surface area (Å²) in [6.07, 6.45) is 1.38. The molecular weight excluding hydrogens is 272 g/mol. The lowest BCUT2D eigenvalue weighted by molar-refractivity contribution is 0.0659. The number of ether oxygens (including phenoxy) is 1. The fraction of sp³-hybridized carbons (Fsp3) is 0.583. The maximum Gasteiger partial charge on any atom is 0.372 e. The number of carbonyl (C=O) groups is 1. The van der Waals surface area contributed by atoms with Crippen LogP contribution < -0.4 is 0 Å². The summed E-state index contributed by atoms with van der Waals surface area (Å²) >= 11 is 0. The normalized spacial score (nSPS) is 19.7. The van der Waals surface area contributed by atoms with Crippen LogP contribution in [0.5, 0.6) is 0 Å². The van der Waals surface area contributed by atoms with Gasteiger partial charge in [-0.3, -0.25) is 0 Å². The first-order chi connectivity index (χ1) is 8.87. The molecule has 2 heterocycles. The first-order valence-corrected chi connectivity index (χ1v) is 7.84. The van der Waals surface area contributed by atoms with E-state index in [1.807, 2.05) is 0 Å². The molecule has 2 rings (SSSR count). The zero-order valence-electron chi connectivity index (χ0n) is 10.6. The van der Waals surface area contributed by atoms with Crippen molar-refractivity contribution in [2.24, 2.45) is 0 Å². The minimum absolute atomic E-state index is 0.0465. The van der Waals surface area contributed by atoms with Crippen molar-refractivity contribution in [3.63, 3.8) is 0 Å². The van der Waals surface area contributed by atoms with Gasteiger partial charge in [-0.1, -0.05) is 0 Å². The summed E-state index contributed by atoms with van der Waals surface area (Å²) in [4.78, 5) is 10.8. The molecule has 1 aliphatic heterocycles. The van der Waals surface area contributed by atoms with E-state index in [-0.39, 0.29) is 29.1 Å². The Morgan fingerprint density at radius 2 is 2.26 bits per heavy atom. The van der Waals surface area contributed by atoms with Gasteiger partial charge in [-0.15, -0.1) is 0 Å². The molecule has 0 aliphatic carbocycles. The van der Waals surface area contributed by atoms with E-state index in [9.17, 15) is 13.2 Å². The molecule has 1 aromatic rings. The van der Waals surface area contributed by atoms with Gasteiger partial charge in [0, 0.05) is 12.2 Å². The van der Waals surface area contributed by atoms with Crippen molar-refractivity contribution in [3.05, 3.63) is 23.2 Å². The Hall–Kier alpha value is -1.34. The highest BCUT2D eigenvalue weighted by Crippen LogP contribution is 2.20. The van der Waals surface area contributed by atoms with Gasteiger partial charge in [-0.25, -0.2) is 13.2 Å². The summed E-state index contributed by atoms with van der Waals surface area (Å²) in [5.74, 6) is -1.58. The van der Waals surface area contributed by atoms with Crippen molar-refractivity contribution < 1.29 is 27.5 Å². The number of hydrogen-bond acceptors (Lipinski definition) is 5. The number of hydrogen-bond donors (Lipinski definition) is 1. The molecule has 1 fully saturated rings. The van der Waals surface area contributed by atoms with Crippen molar-refractivity contribution in [1.29, 1.82) is 0 Å². The molecule has 0 aromatic carbocycles. The molecule has 1 aliphatic rings. The van der Waals surface area contributed by atoms with Gasteiger partial charge in [-0.05, 0) is 25.8 Å². The first kappa shape index (κ1) is 14.1. The highest BCUT2D eigenvalue weighted by molar-refractivity contribution is 7.90. The molecule has 1 unspecified atom stereocenters. The Balaban J connectivity index is 2.07. The van der Waals surface area contributed by atoms with Crippen LogP contribution in [0.2, 0.25) is 0 Å². The maximum absolute atomic E-state index is 12.0. The molecule has 19 heavy (non-hydrogen) atoms. The summed E-state index contributed by atoms with van der Waals surface area (Å²) in [6, 6.07) is 1.45. The van der Waals surface area contributed by atoms with Crippen molar-refractivity contribution in [3.8, 4) is 0 Å². The summed E-state index contributed by atoms with van der Waals surface area (Å²) in [6.45, 7) is 2.17. The molecule has 7 heteroatoms.